The van der Waals surface area contributed by atoms with Crippen molar-refractivity contribution >= 4 is 39.9 Å². The van der Waals surface area contributed by atoms with E-state index in [1.54, 1.807) is 0 Å². The van der Waals surface area contributed by atoms with Gasteiger partial charge in [0.1, 0.15) is 5.00 Å². The van der Waals surface area contributed by atoms with Crippen LogP contribution in [0.3, 0.4) is 0 Å². The minimum atomic E-state index is -0.0567. The Morgan fingerprint density at radius 2 is 1.77 bits per heavy atom. The highest BCUT2D eigenvalue weighted by molar-refractivity contribution is 7.99. The van der Waals surface area contributed by atoms with Crippen LogP contribution in [0, 0.1) is 6.92 Å². The maximum atomic E-state index is 13.4. The van der Waals surface area contributed by atoms with Crippen molar-refractivity contribution in [3.05, 3.63) is 41.5 Å². The molecule has 0 unspecified atom stereocenters. The van der Waals surface area contributed by atoms with Crippen molar-refractivity contribution in [1.82, 2.24) is 9.80 Å². The molecule has 8 heteroatoms. The first-order chi connectivity index (χ1) is 14.6. The number of morpholine rings is 1. The quantitative estimate of drug-likeness (QED) is 0.766. The normalized spacial score (nSPS) is 17.7. The number of thiophene rings is 1. The molecular formula is C22H27N3O3S2. The fourth-order valence-electron chi connectivity index (χ4n) is 3.78. The molecule has 2 aromatic rings. The third-order valence-electron chi connectivity index (χ3n) is 5.42. The number of rotatable bonds is 5. The maximum Gasteiger partial charge on any atom is 0.257 e. The maximum absolute atomic E-state index is 13.4. The van der Waals surface area contributed by atoms with Crippen LogP contribution in [0.15, 0.2) is 30.3 Å². The summed E-state index contributed by atoms with van der Waals surface area (Å²) in [6.07, 6.45) is 0. The zero-order valence-electron chi connectivity index (χ0n) is 17.2. The van der Waals surface area contributed by atoms with E-state index in [0.717, 1.165) is 40.6 Å². The molecule has 1 N–H and O–H groups in total. The molecule has 1 aromatic carbocycles. The molecule has 0 saturated carbocycles. The van der Waals surface area contributed by atoms with Crippen LogP contribution in [-0.4, -0.2) is 79.1 Å². The topological polar surface area (TPSA) is 61.9 Å². The molecule has 6 nitrogen and oxygen atoms in total. The highest BCUT2D eigenvalue weighted by atomic mass is 32.2. The van der Waals surface area contributed by atoms with Gasteiger partial charge in [0.05, 0.1) is 25.3 Å². The zero-order chi connectivity index (χ0) is 20.9. The van der Waals surface area contributed by atoms with Crippen LogP contribution < -0.4 is 5.32 Å². The number of amides is 2. The molecule has 4 rings (SSSR count). The Kier molecular flexibility index (Phi) is 7.09. The largest absolute Gasteiger partial charge is 0.378 e. The van der Waals surface area contributed by atoms with Gasteiger partial charge in [-0.2, -0.15) is 11.8 Å². The Hall–Kier alpha value is -1.87. The molecule has 1 aromatic heterocycles. The zero-order valence-corrected chi connectivity index (χ0v) is 18.8. The van der Waals surface area contributed by atoms with Crippen molar-refractivity contribution < 1.29 is 14.3 Å². The van der Waals surface area contributed by atoms with Gasteiger partial charge in [0.25, 0.3) is 5.91 Å². The van der Waals surface area contributed by atoms with Gasteiger partial charge in [-0.25, -0.2) is 0 Å². The Morgan fingerprint density at radius 3 is 2.47 bits per heavy atom. The van der Waals surface area contributed by atoms with Gasteiger partial charge in [0.15, 0.2) is 0 Å². The average molecular weight is 446 g/mol. The third-order valence-corrected chi connectivity index (χ3v) is 7.62. The number of carbonyl (C=O) groups excluding carboxylic acids is 2. The van der Waals surface area contributed by atoms with Crippen LogP contribution in [-0.2, 0) is 9.53 Å². The monoisotopic (exact) mass is 445 g/mol. The number of anilines is 1. The van der Waals surface area contributed by atoms with Gasteiger partial charge in [0.2, 0.25) is 5.91 Å². The second-order valence-electron chi connectivity index (χ2n) is 7.47. The molecule has 30 heavy (non-hydrogen) atoms. The number of hydrogen-bond donors (Lipinski definition) is 1. The number of thioether (sulfide) groups is 1. The molecule has 0 spiro atoms. The Bertz CT molecular complexity index is 889. The summed E-state index contributed by atoms with van der Waals surface area (Å²) in [5.74, 6) is 2.03. The van der Waals surface area contributed by atoms with Crippen molar-refractivity contribution in [1.29, 1.82) is 0 Å². The van der Waals surface area contributed by atoms with Gasteiger partial charge >= 0.3 is 0 Å². The SMILES string of the molecule is Cc1c(-c2ccccc2)sc(NC(=O)CN2CCSCC2)c1C(=O)N1CCOCC1. The number of benzene rings is 1. The predicted octanol–water partition coefficient (Wildman–Crippen LogP) is 3.18. The minimum absolute atomic E-state index is 0.0288. The van der Waals surface area contributed by atoms with E-state index in [1.165, 1.54) is 11.3 Å². The van der Waals surface area contributed by atoms with Crippen LogP contribution in [0.1, 0.15) is 15.9 Å². The van der Waals surface area contributed by atoms with E-state index in [-0.39, 0.29) is 11.8 Å². The fraction of sp³-hybridized carbons (Fsp3) is 0.455. The van der Waals surface area contributed by atoms with Crippen molar-refractivity contribution in [2.24, 2.45) is 0 Å². The van der Waals surface area contributed by atoms with Gasteiger partial charge in [-0.1, -0.05) is 30.3 Å². The lowest BCUT2D eigenvalue weighted by atomic mass is 10.1. The average Bonchev–Trinajstić information content (AvgIpc) is 3.10. The lowest BCUT2D eigenvalue weighted by Gasteiger charge is -2.27. The fourth-order valence-corrected chi connectivity index (χ4v) is 5.98. The predicted molar refractivity (Wildman–Crippen MR) is 124 cm³/mol. The van der Waals surface area contributed by atoms with E-state index in [2.05, 4.69) is 10.2 Å². The highest BCUT2D eigenvalue weighted by Crippen LogP contribution is 2.40. The van der Waals surface area contributed by atoms with Crippen molar-refractivity contribution in [2.45, 2.75) is 6.92 Å². The van der Waals surface area contributed by atoms with Crippen LogP contribution in [0.2, 0.25) is 0 Å². The molecule has 0 atom stereocenters. The molecule has 160 valence electrons. The van der Waals surface area contributed by atoms with E-state index in [9.17, 15) is 9.59 Å². The smallest absolute Gasteiger partial charge is 0.257 e. The van der Waals surface area contributed by atoms with Crippen LogP contribution in [0.25, 0.3) is 10.4 Å². The summed E-state index contributed by atoms with van der Waals surface area (Å²) in [7, 11) is 0. The standard InChI is InChI=1S/C22H27N3O3S2/c1-16-19(22(27)25-7-11-28-12-8-25)21(30-20(16)17-5-3-2-4-6-17)23-18(26)15-24-9-13-29-14-10-24/h2-6H,7-15H2,1H3,(H,23,26). The summed E-state index contributed by atoms with van der Waals surface area (Å²) >= 11 is 3.41. The van der Waals surface area contributed by atoms with E-state index in [0.29, 0.717) is 43.4 Å². The molecule has 0 bridgehead atoms. The van der Waals surface area contributed by atoms with Gasteiger partial charge in [-0.3, -0.25) is 14.5 Å². The second kappa shape index (κ2) is 9.96. The number of ether oxygens (including phenoxy) is 1. The van der Waals surface area contributed by atoms with Gasteiger partial charge in [-0.05, 0) is 18.1 Å². The lowest BCUT2D eigenvalue weighted by Crippen LogP contribution is -2.41. The van der Waals surface area contributed by atoms with Gasteiger partial charge in [0, 0.05) is 42.6 Å². The van der Waals surface area contributed by atoms with E-state index in [1.807, 2.05) is 53.9 Å². The first kappa shape index (κ1) is 21.4. The minimum Gasteiger partial charge on any atom is -0.378 e. The summed E-state index contributed by atoms with van der Waals surface area (Å²) in [5.41, 5.74) is 2.60. The number of carbonyl (C=O) groups is 2. The van der Waals surface area contributed by atoms with Gasteiger partial charge in [-0.15, -0.1) is 11.3 Å². The molecule has 2 saturated heterocycles. The Balaban J connectivity index is 1.61. The molecule has 2 amide bonds. The second-order valence-corrected chi connectivity index (χ2v) is 9.71. The van der Waals surface area contributed by atoms with E-state index in [4.69, 9.17) is 4.74 Å². The third kappa shape index (κ3) is 4.88. The molecule has 0 aliphatic carbocycles. The lowest BCUT2D eigenvalue weighted by molar-refractivity contribution is -0.117. The first-order valence-corrected chi connectivity index (χ1v) is 12.3. The molecule has 2 fully saturated rings. The molecule has 2 aliphatic rings. The van der Waals surface area contributed by atoms with Crippen molar-refractivity contribution in [2.75, 3.05) is 62.8 Å². The summed E-state index contributed by atoms with van der Waals surface area (Å²) in [6.45, 7) is 6.45. The summed E-state index contributed by atoms with van der Waals surface area (Å²) in [5, 5.41) is 3.71. The van der Waals surface area contributed by atoms with E-state index < -0.39 is 0 Å². The van der Waals surface area contributed by atoms with Crippen molar-refractivity contribution in [3.63, 3.8) is 0 Å². The number of hydrogen-bond acceptors (Lipinski definition) is 6. The Labute approximate surface area is 185 Å². The Morgan fingerprint density at radius 1 is 1.07 bits per heavy atom. The summed E-state index contributed by atoms with van der Waals surface area (Å²) in [4.78, 5) is 31.2. The molecular weight excluding hydrogens is 418 g/mol. The van der Waals surface area contributed by atoms with Crippen molar-refractivity contribution in [3.8, 4) is 10.4 Å². The van der Waals surface area contributed by atoms with E-state index >= 15 is 0 Å². The van der Waals surface area contributed by atoms with Crippen LogP contribution in [0.4, 0.5) is 5.00 Å². The highest BCUT2D eigenvalue weighted by Gasteiger charge is 2.28. The van der Waals surface area contributed by atoms with Crippen LogP contribution >= 0.6 is 23.1 Å². The molecule has 3 heterocycles. The summed E-state index contributed by atoms with van der Waals surface area (Å²) in [6, 6.07) is 10.0. The summed E-state index contributed by atoms with van der Waals surface area (Å²) < 4.78 is 5.40. The first-order valence-electron chi connectivity index (χ1n) is 10.3. The molecule has 2 aliphatic heterocycles. The number of nitrogens with zero attached hydrogens (tertiary/aromatic N) is 2. The number of nitrogens with one attached hydrogen (secondary N) is 1. The van der Waals surface area contributed by atoms with Crippen LogP contribution in [0.5, 0.6) is 0 Å². The van der Waals surface area contributed by atoms with Gasteiger partial charge < -0.3 is 15.0 Å². The molecule has 0 radical (unpaired) electrons.